The Morgan fingerprint density at radius 1 is 1.47 bits per heavy atom. The Bertz CT molecular complexity index is 587. The molecular weight excluding hydrogens is 216 g/mol. The van der Waals surface area contributed by atoms with Crippen molar-refractivity contribution < 1.29 is 9.53 Å². The first-order valence-corrected chi connectivity index (χ1v) is 5.56. The lowest BCUT2D eigenvalue weighted by atomic mass is 10.0. The largest absolute Gasteiger partial charge is 0.493 e. The van der Waals surface area contributed by atoms with Gasteiger partial charge in [-0.2, -0.15) is 5.10 Å². The third-order valence-corrected chi connectivity index (χ3v) is 3.00. The second-order valence-corrected chi connectivity index (χ2v) is 4.14. The SMILES string of the molecule is CC(=O)c1ccc2c(c1)-c1[nH]ncc1CCO2. The summed E-state index contributed by atoms with van der Waals surface area (Å²) >= 11 is 0. The number of carbonyl (C=O) groups is 1. The maximum atomic E-state index is 11.4. The van der Waals surface area contributed by atoms with Crippen molar-refractivity contribution in [2.45, 2.75) is 13.3 Å². The molecule has 4 nitrogen and oxygen atoms in total. The molecule has 0 bridgehead atoms. The number of aromatic amines is 1. The number of ether oxygens (including phenoxy) is 1. The van der Waals surface area contributed by atoms with Gasteiger partial charge >= 0.3 is 0 Å². The summed E-state index contributed by atoms with van der Waals surface area (Å²) in [5, 5.41) is 7.03. The fourth-order valence-electron chi connectivity index (χ4n) is 2.07. The van der Waals surface area contributed by atoms with Crippen LogP contribution >= 0.6 is 0 Å². The highest BCUT2D eigenvalue weighted by molar-refractivity contribution is 5.96. The summed E-state index contributed by atoms with van der Waals surface area (Å²) < 4.78 is 5.66. The third-order valence-electron chi connectivity index (χ3n) is 3.00. The number of H-pyrrole nitrogens is 1. The number of aromatic nitrogens is 2. The molecule has 1 aliphatic heterocycles. The predicted octanol–water partition coefficient (Wildman–Crippen LogP) is 2.21. The highest BCUT2D eigenvalue weighted by atomic mass is 16.5. The van der Waals surface area contributed by atoms with Crippen LogP contribution in [-0.4, -0.2) is 22.6 Å². The van der Waals surface area contributed by atoms with Gasteiger partial charge in [-0.1, -0.05) is 0 Å². The molecule has 1 aromatic heterocycles. The maximum absolute atomic E-state index is 11.4. The van der Waals surface area contributed by atoms with Gasteiger partial charge in [0.1, 0.15) is 5.75 Å². The van der Waals surface area contributed by atoms with Crippen molar-refractivity contribution in [1.29, 1.82) is 0 Å². The maximum Gasteiger partial charge on any atom is 0.159 e. The molecule has 0 atom stereocenters. The van der Waals surface area contributed by atoms with Crippen LogP contribution in [0.15, 0.2) is 24.4 Å². The topological polar surface area (TPSA) is 55.0 Å². The van der Waals surface area contributed by atoms with Crippen LogP contribution in [0.5, 0.6) is 5.75 Å². The Morgan fingerprint density at radius 2 is 2.35 bits per heavy atom. The number of Topliss-reactive ketones (excluding diaryl/α,β-unsaturated/α-hetero) is 1. The molecule has 3 rings (SSSR count). The Labute approximate surface area is 98.6 Å². The summed E-state index contributed by atoms with van der Waals surface area (Å²) in [7, 11) is 0. The molecule has 4 heteroatoms. The molecule has 17 heavy (non-hydrogen) atoms. The molecule has 2 aromatic rings. The number of carbonyl (C=O) groups excluding carboxylic acids is 1. The van der Waals surface area contributed by atoms with Gasteiger partial charge < -0.3 is 4.74 Å². The summed E-state index contributed by atoms with van der Waals surface area (Å²) in [6.45, 7) is 2.20. The summed E-state index contributed by atoms with van der Waals surface area (Å²) in [6, 6.07) is 5.50. The van der Waals surface area contributed by atoms with Crippen molar-refractivity contribution >= 4 is 5.78 Å². The number of benzene rings is 1. The quantitative estimate of drug-likeness (QED) is 0.761. The zero-order valence-electron chi connectivity index (χ0n) is 9.49. The average Bonchev–Trinajstić information content (AvgIpc) is 2.71. The Morgan fingerprint density at radius 3 is 3.18 bits per heavy atom. The summed E-state index contributed by atoms with van der Waals surface area (Å²) in [4.78, 5) is 11.4. The summed E-state index contributed by atoms with van der Waals surface area (Å²) in [5.74, 6) is 0.858. The number of rotatable bonds is 1. The standard InChI is InChI=1S/C13H12N2O2/c1-8(16)9-2-3-12-11(6-9)13-10(4-5-17-12)7-14-15-13/h2-3,6-7H,4-5H2,1H3,(H,14,15). The first-order chi connectivity index (χ1) is 8.25. The van der Waals surface area contributed by atoms with Gasteiger partial charge in [-0.25, -0.2) is 0 Å². The van der Waals surface area contributed by atoms with E-state index >= 15 is 0 Å². The van der Waals surface area contributed by atoms with E-state index in [1.807, 2.05) is 18.3 Å². The van der Waals surface area contributed by atoms with Gasteiger partial charge in [0.25, 0.3) is 0 Å². The van der Waals surface area contributed by atoms with Crippen LogP contribution in [0.1, 0.15) is 22.8 Å². The molecule has 1 aromatic carbocycles. The molecule has 0 amide bonds. The lowest BCUT2D eigenvalue weighted by molar-refractivity contribution is 0.101. The van der Waals surface area contributed by atoms with Crippen LogP contribution in [-0.2, 0) is 6.42 Å². The molecule has 0 saturated heterocycles. The number of nitrogens with zero attached hydrogens (tertiary/aromatic N) is 1. The first-order valence-electron chi connectivity index (χ1n) is 5.56. The Hall–Kier alpha value is -2.10. The molecule has 0 fully saturated rings. The second-order valence-electron chi connectivity index (χ2n) is 4.14. The normalized spacial score (nSPS) is 13.2. The molecule has 0 unspecified atom stereocenters. The van der Waals surface area contributed by atoms with Crippen LogP contribution in [0.3, 0.4) is 0 Å². The smallest absolute Gasteiger partial charge is 0.159 e. The lowest BCUT2D eigenvalue weighted by Crippen LogP contribution is -1.99. The number of hydrogen-bond donors (Lipinski definition) is 1. The fourth-order valence-corrected chi connectivity index (χ4v) is 2.07. The monoisotopic (exact) mass is 228 g/mol. The highest BCUT2D eigenvalue weighted by Crippen LogP contribution is 2.34. The van der Waals surface area contributed by atoms with E-state index in [4.69, 9.17) is 4.74 Å². The molecule has 0 spiro atoms. The number of nitrogens with one attached hydrogen (secondary N) is 1. The first kappa shape index (κ1) is 10.1. The summed E-state index contributed by atoms with van der Waals surface area (Å²) in [6.07, 6.45) is 2.64. The zero-order valence-corrected chi connectivity index (χ0v) is 9.49. The van der Waals surface area contributed by atoms with Gasteiger partial charge in [-0.05, 0) is 25.1 Å². The van der Waals surface area contributed by atoms with E-state index in [9.17, 15) is 4.79 Å². The van der Waals surface area contributed by atoms with Crippen molar-refractivity contribution in [3.05, 3.63) is 35.5 Å². The Kier molecular flexibility index (Phi) is 2.21. The van der Waals surface area contributed by atoms with Gasteiger partial charge in [0.15, 0.2) is 5.78 Å². The van der Waals surface area contributed by atoms with Crippen LogP contribution in [0, 0.1) is 0 Å². The molecule has 86 valence electrons. The molecule has 1 N–H and O–H groups in total. The van der Waals surface area contributed by atoms with Crippen molar-refractivity contribution in [1.82, 2.24) is 10.2 Å². The molecular formula is C13H12N2O2. The fraction of sp³-hybridized carbons (Fsp3) is 0.231. The zero-order chi connectivity index (χ0) is 11.8. The minimum absolute atomic E-state index is 0.0538. The number of hydrogen-bond acceptors (Lipinski definition) is 3. The average molecular weight is 228 g/mol. The number of fused-ring (bicyclic) bond motifs is 3. The molecule has 2 heterocycles. The second kappa shape index (κ2) is 3.73. The van der Waals surface area contributed by atoms with Crippen LogP contribution < -0.4 is 4.74 Å². The van der Waals surface area contributed by atoms with Crippen LogP contribution in [0.2, 0.25) is 0 Å². The number of ketones is 1. The molecule has 1 aliphatic rings. The molecule has 0 aliphatic carbocycles. The van der Waals surface area contributed by atoms with Gasteiger partial charge in [-0.3, -0.25) is 9.89 Å². The van der Waals surface area contributed by atoms with Crippen molar-refractivity contribution in [3.63, 3.8) is 0 Å². The van der Waals surface area contributed by atoms with E-state index in [2.05, 4.69) is 10.2 Å². The molecule has 0 radical (unpaired) electrons. The van der Waals surface area contributed by atoms with E-state index < -0.39 is 0 Å². The molecule has 0 saturated carbocycles. The third kappa shape index (κ3) is 1.62. The van der Waals surface area contributed by atoms with Crippen molar-refractivity contribution in [3.8, 4) is 17.0 Å². The van der Waals surface area contributed by atoms with E-state index in [0.717, 1.165) is 29.0 Å². The van der Waals surface area contributed by atoms with Gasteiger partial charge in [0, 0.05) is 23.1 Å². The van der Waals surface area contributed by atoms with Gasteiger partial charge in [0.2, 0.25) is 0 Å². The summed E-state index contributed by atoms with van der Waals surface area (Å²) in [5.41, 5.74) is 3.70. The Balaban J connectivity index is 2.22. The van der Waals surface area contributed by atoms with E-state index in [1.54, 1.807) is 13.0 Å². The highest BCUT2D eigenvalue weighted by Gasteiger charge is 2.18. The van der Waals surface area contributed by atoms with Gasteiger partial charge in [-0.15, -0.1) is 0 Å². The predicted molar refractivity (Wildman–Crippen MR) is 63.2 cm³/mol. The van der Waals surface area contributed by atoms with Crippen molar-refractivity contribution in [2.75, 3.05) is 6.61 Å². The van der Waals surface area contributed by atoms with Gasteiger partial charge in [0.05, 0.1) is 18.5 Å². The van der Waals surface area contributed by atoms with Crippen LogP contribution in [0.25, 0.3) is 11.3 Å². The van der Waals surface area contributed by atoms with Crippen molar-refractivity contribution in [2.24, 2.45) is 0 Å². The van der Waals surface area contributed by atoms with E-state index in [0.29, 0.717) is 12.2 Å². The lowest BCUT2D eigenvalue weighted by Gasteiger charge is -2.08. The van der Waals surface area contributed by atoms with E-state index in [-0.39, 0.29) is 5.78 Å². The minimum Gasteiger partial charge on any atom is -0.493 e. The van der Waals surface area contributed by atoms with Crippen LogP contribution in [0.4, 0.5) is 0 Å². The van der Waals surface area contributed by atoms with E-state index in [1.165, 1.54) is 0 Å². The minimum atomic E-state index is 0.0538.